The second kappa shape index (κ2) is 6.34. The van der Waals surface area contributed by atoms with Crippen molar-refractivity contribution in [2.45, 2.75) is 46.6 Å². The molecule has 1 heterocycles. The van der Waals surface area contributed by atoms with Crippen LogP contribution in [0, 0.1) is 5.41 Å². The smallest absolute Gasteiger partial charge is 0.350 e. The van der Waals surface area contributed by atoms with Crippen molar-refractivity contribution in [2.24, 2.45) is 5.41 Å². The topological polar surface area (TPSA) is 78.9 Å². The summed E-state index contributed by atoms with van der Waals surface area (Å²) in [5.41, 5.74) is -2.06. The highest BCUT2D eigenvalue weighted by Crippen LogP contribution is 2.30. The molecule has 1 aliphatic heterocycles. The minimum Gasteiger partial charge on any atom is -0.463 e. The van der Waals surface area contributed by atoms with Gasteiger partial charge in [0.1, 0.15) is 5.76 Å². The molecule has 0 radical (unpaired) electrons. The molecule has 22 heavy (non-hydrogen) atoms. The van der Waals surface area contributed by atoms with E-state index in [-0.39, 0.29) is 17.9 Å². The Kier molecular flexibility index (Phi) is 5.17. The molecule has 0 aromatic rings. The fraction of sp³-hybridized carbons (Fsp3) is 0.562. The zero-order valence-corrected chi connectivity index (χ0v) is 13.6. The first-order valence-corrected chi connectivity index (χ1v) is 6.96. The Hall–Kier alpha value is -2.11. The van der Waals surface area contributed by atoms with Crippen molar-refractivity contribution in [1.82, 2.24) is 0 Å². The number of ether oxygens (including phenoxy) is 3. The summed E-state index contributed by atoms with van der Waals surface area (Å²) in [6, 6.07) is 0. The van der Waals surface area contributed by atoms with Crippen LogP contribution in [0.5, 0.6) is 0 Å². The van der Waals surface area contributed by atoms with Crippen molar-refractivity contribution in [2.75, 3.05) is 6.61 Å². The predicted molar refractivity (Wildman–Crippen MR) is 78.5 cm³/mol. The zero-order valence-electron chi connectivity index (χ0n) is 13.6. The average Bonchev–Trinajstić information content (AvgIpc) is 2.68. The van der Waals surface area contributed by atoms with E-state index in [0.29, 0.717) is 6.42 Å². The van der Waals surface area contributed by atoms with E-state index in [9.17, 15) is 14.4 Å². The van der Waals surface area contributed by atoms with Crippen LogP contribution in [0.1, 0.15) is 41.0 Å². The maximum Gasteiger partial charge on any atom is 0.350 e. The Morgan fingerprint density at radius 1 is 1.36 bits per heavy atom. The highest BCUT2D eigenvalue weighted by Gasteiger charge is 2.46. The maximum absolute atomic E-state index is 12.3. The summed E-state index contributed by atoms with van der Waals surface area (Å²) in [5.74, 6) is -1.45. The van der Waals surface area contributed by atoms with Gasteiger partial charge in [-0.1, -0.05) is 6.58 Å². The highest BCUT2D eigenvalue weighted by atomic mass is 16.6. The molecule has 0 saturated carbocycles. The van der Waals surface area contributed by atoms with Crippen molar-refractivity contribution >= 4 is 17.9 Å². The summed E-state index contributed by atoms with van der Waals surface area (Å²) in [6.45, 7) is 11.5. The van der Waals surface area contributed by atoms with Gasteiger partial charge >= 0.3 is 17.9 Å². The molecular weight excluding hydrogens is 288 g/mol. The lowest BCUT2D eigenvalue weighted by Crippen LogP contribution is -2.40. The van der Waals surface area contributed by atoms with Crippen LogP contribution < -0.4 is 0 Å². The monoisotopic (exact) mass is 310 g/mol. The van der Waals surface area contributed by atoms with Crippen LogP contribution in [0.25, 0.3) is 0 Å². The number of esters is 3. The lowest BCUT2D eigenvalue weighted by molar-refractivity contribution is -0.175. The van der Waals surface area contributed by atoms with Gasteiger partial charge in [-0.05, 0) is 40.7 Å². The molecule has 1 aliphatic rings. The maximum atomic E-state index is 12.3. The number of allylic oxidation sites excluding steroid dienone is 1. The SMILES string of the molecule is C=C(C)C(=O)O/C(C)=C/C(C)(C)C(=O)OC1(C)CCOC1=O. The van der Waals surface area contributed by atoms with E-state index in [1.807, 2.05) is 0 Å². The largest absolute Gasteiger partial charge is 0.463 e. The van der Waals surface area contributed by atoms with E-state index in [0.717, 1.165) is 0 Å². The van der Waals surface area contributed by atoms with E-state index in [2.05, 4.69) is 6.58 Å². The van der Waals surface area contributed by atoms with Crippen LogP contribution >= 0.6 is 0 Å². The van der Waals surface area contributed by atoms with Gasteiger partial charge in [-0.15, -0.1) is 0 Å². The summed E-state index contributed by atoms with van der Waals surface area (Å²) in [6.07, 6.45) is 1.79. The molecule has 0 amide bonds. The normalized spacial score (nSPS) is 22.0. The van der Waals surface area contributed by atoms with Crippen molar-refractivity contribution in [3.8, 4) is 0 Å². The standard InChI is InChI=1S/C16H22O6/c1-10(2)12(17)21-11(3)9-15(4,5)13(18)22-16(6)7-8-20-14(16)19/h9H,1,7-8H2,2-6H3/b11-9+. The molecule has 1 unspecified atom stereocenters. The lowest BCUT2D eigenvalue weighted by atomic mass is 9.92. The number of hydrogen-bond acceptors (Lipinski definition) is 6. The first-order valence-electron chi connectivity index (χ1n) is 6.96. The Morgan fingerprint density at radius 3 is 2.41 bits per heavy atom. The van der Waals surface area contributed by atoms with Crippen LogP contribution in [0.2, 0.25) is 0 Å². The summed E-state index contributed by atoms with van der Waals surface area (Å²) >= 11 is 0. The van der Waals surface area contributed by atoms with Crippen molar-refractivity contribution < 1.29 is 28.6 Å². The molecule has 1 fully saturated rings. The molecule has 122 valence electrons. The summed E-state index contributed by atoms with van der Waals surface area (Å²) < 4.78 is 15.2. The second-order valence-corrected chi connectivity index (χ2v) is 6.15. The van der Waals surface area contributed by atoms with Crippen LogP contribution in [-0.4, -0.2) is 30.1 Å². The highest BCUT2D eigenvalue weighted by molar-refractivity contribution is 5.88. The Bertz CT molecular complexity index is 543. The summed E-state index contributed by atoms with van der Waals surface area (Å²) in [7, 11) is 0. The molecule has 0 spiro atoms. The molecule has 6 heteroatoms. The number of rotatable bonds is 5. The molecule has 0 N–H and O–H groups in total. The third-order valence-electron chi connectivity index (χ3n) is 3.25. The molecule has 0 bridgehead atoms. The van der Waals surface area contributed by atoms with Gasteiger partial charge in [0.05, 0.1) is 12.0 Å². The van der Waals surface area contributed by atoms with E-state index < -0.39 is 28.9 Å². The van der Waals surface area contributed by atoms with E-state index in [4.69, 9.17) is 14.2 Å². The fourth-order valence-corrected chi connectivity index (χ4v) is 1.85. The van der Waals surface area contributed by atoms with E-state index in [1.165, 1.54) is 19.9 Å². The van der Waals surface area contributed by atoms with Gasteiger partial charge < -0.3 is 14.2 Å². The van der Waals surface area contributed by atoms with Crippen molar-refractivity contribution in [3.63, 3.8) is 0 Å². The third kappa shape index (κ3) is 4.19. The molecule has 1 rings (SSSR count). The molecule has 0 aromatic heterocycles. The number of cyclic esters (lactones) is 1. The minimum atomic E-state index is -1.26. The number of carbonyl (C=O) groups excluding carboxylic acids is 3. The van der Waals surface area contributed by atoms with Gasteiger partial charge in [0.15, 0.2) is 0 Å². The fourth-order valence-electron chi connectivity index (χ4n) is 1.85. The van der Waals surface area contributed by atoms with Gasteiger partial charge in [0.25, 0.3) is 0 Å². The molecule has 1 atom stereocenters. The lowest BCUT2D eigenvalue weighted by Gasteiger charge is -2.26. The van der Waals surface area contributed by atoms with Crippen LogP contribution in [-0.2, 0) is 28.6 Å². The van der Waals surface area contributed by atoms with Crippen molar-refractivity contribution in [1.29, 1.82) is 0 Å². The van der Waals surface area contributed by atoms with Crippen LogP contribution in [0.3, 0.4) is 0 Å². The van der Waals surface area contributed by atoms with Crippen molar-refractivity contribution in [3.05, 3.63) is 24.0 Å². The minimum absolute atomic E-state index is 0.230. The molecule has 6 nitrogen and oxygen atoms in total. The Labute approximate surface area is 130 Å². The quantitative estimate of drug-likeness (QED) is 0.335. The van der Waals surface area contributed by atoms with Gasteiger partial charge in [0, 0.05) is 12.0 Å². The average molecular weight is 310 g/mol. The molecule has 0 aliphatic carbocycles. The summed E-state index contributed by atoms with van der Waals surface area (Å²) in [4.78, 5) is 35.3. The molecule has 1 saturated heterocycles. The van der Waals surface area contributed by atoms with E-state index in [1.54, 1.807) is 20.8 Å². The molecular formula is C16H22O6. The van der Waals surface area contributed by atoms with E-state index >= 15 is 0 Å². The van der Waals surface area contributed by atoms with Crippen LogP contribution in [0.4, 0.5) is 0 Å². The Morgan fingerprint density at radius 2 is 1.95 bits per heavy atom. The number of carbonyl (C=O) groups is 3. The van der Waals surface area contributed by atoms with Gasteiger partial charge in [-0.3, -0.25) is 4.79 Å². The first kappa shape index (κ1) is 17.9. The van der Waals surface area contributed by atoms with Gasteiger partial charge in [0.2, 0.25) is 5.60 Å². The third-order valence-corrected chi connectivity index (χ3v) is 3.25. The molecule has 0 aromatic carbocycles. The number of hydrogen-bond donors (Lipinski definition) is 0. The van der Waals surface area contributed by atoms with Gasteiger partial charge in [-0.2, -0.15) is 0 Å². The Balaban J connectivity index is 2.80. The predicted octanol–water partition coefficient (Wildman–Crippen LogP) is 2.28. The van der Waals surface area contributed by atoms with Crippen LogP contribution in [0.15, 0.2) is 24.0 Å². The second-order valence-electron chi connectivity index (χ2n) is 6.15. The zero-order chi connectivity index (χ0) is 17.1. The van der Waals surface area contributed by atoms with Gasteiger partial charge in [-0.25, -0.2) is 9.59 Å². The first-order chi connectivity index (χ1) is 9.98. The summed E-state index contributed by atoms with van der Waals surface area (Å²) in [5, 5.41) is 0.